The first kappa shape index (κ1) is 13.8. The summed E-state index contributed by atoms with van der Waals surface area (Å²) in [5, 5.41) is 3.86. The Morgan fingerprint density at radius 2 is 2.05 bits per heavy atom. The van der Waals surface area contributed by atoms with Crippen LogP contribution in [0.3, 0.4) is 0 Å². The molecule has 1 aromatic heterocycles. The van der Waals surface area contributed by atoms with E-state index < -0.39 is 5.82 Å². The second-order valence-electron chi connectivity index (χ2n) is 4.81. The third-order valence-corrected chi connectivity index (χ3v) is 3.82. The molecule has 0 unspecified atom stereocenters. The molecule has 0 fully saturated rings. The van der Waals surface area contributed by atoms with E-state index in [0.717, 1.165) is 21.1 Å². The van der Waals surface area contributed by atoms with Gasteiger partial charge in [-0.25, -0.2) is 4.39 Å². The molecule has 0 atom stereocenters. The second kappa shape index (κ2) is 5.33. The summed E-state index contributed by atoms with van der Waals surface area (Å²) in [5.74, 6) is -0.416. The summed E-state index contributed by atoms with van der Waals surface area (Å²) in [4.78, 5) is 4.25. The molecule has 106 valence electrons. The summed E-state index contributed by atoms with van der Waals surface area (Å²) in [7, 11) is 0. The van der Waals surface area contributed by atoms with Crippen LogP contribution in [0.4, 0.5) is 21.5 Å². The summed E-state index contributed by atoms with van der Waals surface area (Å²) in [6, 6.07) is 10.7. The first-order valence-corrected chi connectivity index (χ1v) is 7.21. The lowest BCUT2D eigenvalue weighted by molar-refractivity contribution is 0.634. The number of fused-ring (bicyclic) bond motifs is 1. The van der Waals surface area contributed by atoms with E-state index in [-0.39, 0.29) is 0 Å². The van der Waals surface area contributed by atoms with Crippen LogP contribution < -0.4 is 11.1 Å². The number of anilines is 3. The van der Waals surface area contributed by atoms with E-state index in [1.165, 1.54) is 6.07 Å². The summed E-state index contributed by atoms with van der Waals surface area (Å²) < 4.78 is 15.3. The van der Waals surface area contributed by atoms with Crippen LogP contribution in [-0.2, 0) is 0 Å². The molecule has 1 heterocycles. The number of hydrogen-bond acceptors (Lipinski definition) is 3. The number of benzene rings is 2. The minimum Gasteiger partial charge on any atom is -0.398 e. The second-order valence-corrected chi connectivity index (χ2v) is 5.72. The molecule has 5 heteroatoms. The van der Waals surface area contributed by atoms with Crippen molar-refractivity contribution in [3.8, 4) is 0 Å². The van der Waals surface area contributed by atoms with Gasteiger partial charge in [-0.05, 0) is 48.9 Å². The van der Waals surface area contributed by atoms with Crippen molar-refractivity contribution in [3.05, 3.63) is 58.4 Å². The standard InChI is InChI=1S/C16H13BrFN3/c1-9-7-10(17)4-5-14(9)21-16-12(18)8-13(19)11-3-2-6-20-15(11)16/h2-8,21H,19H2,1H3. The monoisotopic (exact) mass is 345 g/mol. The highest BCUT2D eigenvalue weighted by Gasteiger charge is 2.13. The van der Waals surface area contributed by atoms with Crippen LogP contribution in [0.1, 0.15) is 5.56 Å². The van der Waals surface area contributed by atoms with E-state index in [1.54, 1.807) is 12.3 Å². The van der Waals surface area contributed by atoms with Gasteiger partial charge in [-0.3, -0.25) is 4.98 Å². The van der Waals surface area contributed by atoms with Crippen LogP contribution in [0.2, 0.25) is 0 Å². The van der Waals surface area contributed by atoms with Gasteiger partial charge in [-0.1, -0.05) is 15.9 Å². The van der Waals surface area contributed by atoms with Gasteiger partial charge in [0.1, 0.15) is 5.69 Å². The number of pyridine rings is 1. The Morgan fingerprint density at radius 3 is 2.81 bits per heavy atom. The third-order valence-electron chi connectivity index (χ3n) is 3.32. The highest BCUT2D eigenvalue weighted by Crippen LogP contribution is 2.33. The normalized spacial score (nSPS) is 10.8. The summed E-state index contributed by atoms with van der Waals surface area (Å²) in [6.07, 6.45) is 1.63. The van der Waals surface area contributed by atoms with Gasteiger partial charge in [0, 0.05) is 27.4 Å². The number of hydrogen-bond donors (Lipinski definition) is 2. The smallest absolute Gasteiger partial charge is 0.150 e. The lowest BCUT2D eigenvalue weighted by Crippen LogP contribution is -2.00. The van der Waals surface area contributed by atoms with Crippen LogP contribution in [0.15, 0.2) is 47.1 Å². The van der Waals surface area contributed by atoms with E-state index in [0.29, 0.717) is 16.9 Å². The molecule has 0 aliphatic rings. The fourth-order valence-corrected chi connectivity index (χ4v) is 2.73. The molecule has 3 nitrogen and oxygen atoms in total. The molecule has 0 radical (unpaired) electrons. The highest BCUT2D eigenvalue weighted by atomic mass is 79.9. The number of nitrogens with one attached hydrogen (secondary N) is 1. The van der Waals surface area contributed by atoms with Gasteiger partial charge >= 0.3 is 0 Å². The number of nitrogen functional groups attached to an aromatic ring is 1. The van der Waals surface area contributed by atoms with Crippen molar-refractivity contribution < 1.29 is 4.39 Å². The van der Waals surface area contributed by atoms with Gasteiger partial charge in [0.25, 0.3) is 0 Å². The molecule has 21 heavy (non-hydrogen) atoms. The molecule has 0 aliphatic carbocycles. The van der Waals surface area contributed by atoms with E-state index in [1.807, 2.05) is 31.2 Å². The minimum atomic E-state index is -0.416. The fourth-order valence-electron chi connectivity index (χ4n) is 2.26. The predicted octanol–water partition coefficient (Wildman–Crippen LogP) is 4.77. The number of nitrogens with zero attached hydrogens (tertiary/aromatic N) is 1. The number of halogens is 2. The summed E-state index contributed by atoms with van der Waals surface area (Å²) in [5.41, 5.74) is 8.93. The molecule has 3 aromatic rings. The summed E-state index contributed by atoms with van der Waals surface area (Å²) >= 11 is 3.41. The van der Waals surface area contributed by atoms with E-state index >= 15 is 0 Å². The van der Waals surface area contributed by atoms with Crippen molar-refractivity contribution in [2.45, 2.75) is 6.92 Å². The number of aryl methyl sites for hydroxylation is 1. The van der Waals surface area contributed by atoms with Gasteiger partial charge in [0.05, 0.1) is 5.52 Å². The largest absolute Gasteiger partial charge is 0.398 e. The Kier molecular flexibility index (Phi) is 3.51. The number of nitrogens with two attached hydrogens (primary N) is 1. The Labute approximate surface area is 130 Å². The molecule has 0 aliphatic heterocycles. The molecule has 3 rings (SSSR count). The van der Waals surface area contributed by atoms with Crippen molar-refractivity contribution in [1.29, 1.82) is 0 Å². The fraction of sp³-hybridized carbons (Fsp3) is 0.0625. The quantitative estimate of drug-likeness (QED) is 0.657. The highest BCUT2D eigenvalue weighted by molar-refractivity contribution is 9.10. The Balaban J connectivity index is 2.16. The Morgan fingerprint density at radius 1 is 1.24 bits per heavy atom. The molecule has 0 saturated heterocycles. The first-order valence-electron chi connectivity index (χ1n) is 6.42. The van der Waals surface area contributed by atoms with E-state index in [9.17, 15) is 4.39 Å². The Bertz CT molecular complexity index is 833. The van der Waals surface area contributed by atoms with Crippen LogP contribution in [0, 0.1) is 12.7 Å². The molecule has 0 saturated carbocycles. The van der Waals surface area contributed by atoms with Crippen LogP contribution in [0.5, 0.6) is 0 Å². The van der Waals surface area contributed by atoms with Crippen molar-refractivity contribution in [2.75, 3.05) is 11.1 Å². The average molecular weight is 346 g/mol. The molecule has 3 N–H and O–H groups in total. The topological polar surface area (TPSA) is 50.9 Å². The molecule has 0 bridgehead atoms. The first-order chi connectivity index (χ1) is 10.1. The van der Waals surface area contributed by atoms with Gasteiger partial charge in [0.15, 0.2) is 5.82 Å². The maximum absolute atomic E-state index is 14.3. The minimum absolute atomic E-state index is 0.338. The van der Waals surface area contributed by atoms with E-state index in [4.69, 9.17) is 5.73 Å². The van der Waals surface area contributed by atoms with Gasteiger partial charge in [0.2, 0.25) is 0 Å². The van der Waals surface area contributed by atoms with Crippen molar-refractivity contribution in [2.24, 2.45) is 0 Å². The molecular formula is C16H13BrFN3. The van der Waals surface area contributed by atoms with Crippen LogP contribution in [-0.4, -0.2) is 4.98 Å². The van der Waals surface area contributed by atoms with Crippen molar-refractivity contribution in [1.82, 2.24) is 4.98 Å². The SMILES string of the molecule is Cc1cc(Br)ccc1Nc1c(F)cc(N)c2cccnc12. The molecule has 0 spiro atoms. The van der Waals surface area contributed by atoms with Crippen molar-refractivity contribution in [3.63, 3.8) is 0 Å². The predicted molar refractivity (Wildman–Crippen MR) is 88.3 cm³/mol. The zero-order valence-corrected chi connectivity index (χ0v) is 12.9. The Hall–Kier alpha value is -2.14. The average Bonchev–Trinajstić information content (AvgIpc) is 2.45. The van der Waals surface area contributed by atoms with Gasteiger partial charge in [-0.2, -0.15) is 0 Å². The van der Waals surface area contributed by atoms with Crippen LogP contribution in [0.25, 0.3) is 10.9 Å². The third kappa shape index (κ3) is 2.56. The maximum atomic E-state index is 14.3. The summed E-state index contributed by atoms with van der Waals surface area (Å²) in [6.45, 7) is 1.96. The molecule has 2 aromatic carbocycles. The van der Waals surface area contributed by atoms with Crippen LogP contribution >= 0.6 is 15.9 Å². The molecule has 0 amide bonds. The van der Waals surface area contributed by atoms with Gasteiger partial charge in [-0.15, -0.1) is 0 Å². The maximum Gasteiger partial charge on any atom is 0.150 e. The lowest BCUT2D eigenvalue weighted by atomic mass is 10.1. The zero-order chi connectivity index (χ0) is 15.0. The zero-order valence-electron chi connectivity index (χ0n) is 11.3. The molecular weight excluding hydrogens is 333 g/mol. The lowest BCUT2D eigenvalue weighted by Gasteiger charge is -2.14. The van der Waals surface area contributed by atoms with E-state index in [2.05, 4.69) is 26.2 Å². The number of rotatable bonds is 2. The van der Waals surface area contributed by atoms with Crippen molar-refractivity contribution >= 4 is 43.9 Å². The number of aromatic nitrogens is 1. The van der Waals surface area contributed by atoms with Gasteiger partial charge < -0.3 is 11.1 Å².